The first kappa shape index (κ1) is 27.5. The number of nitrogens with one attached hydrogen (secondary N) is 1. The summed E-state index contributed by atoms with van der Waals surface area (Å²) in [6.07, 6.45) is 3.20. The number of rotatable bonds is 12. The van der Waals surface area contributed by atoms with E-state index in [0.717, 1.165) is 29.5 Å². The van der Waals surface area contributed by atoms with Crippen LogP contribution >= 0.6 is 11.6 Å². The zero-order valence-corrected chi connectivity index (χ0v) is 22.3. The van der Waals surface area contributed by atoms with Crippen LogP contribution in [0.3, 0.4) is 0 Å². The Labute approximate surface area is 220 Å². The van der Waals surface area contributed by atoms with Crippen LogP contribution in [0.25, 0.3) is 0 Å². The van der Waals surface area contributed by atoms with Gasteiger partial charge in [-0.2, -0.15) is 0 Å². The molecule has 0 radical (unpaired) electrons. The molecule has 2 atom stereocenters. The molecule has 0 unspecified atom stereocenters. The van der Waals surface area contributed by atoms with Crippen LogP contribution in [0.4, 0.5) is 0 Å². The molecule has 0 bridgehead atoms. The third-order valence-corrected chi connectivity index (χ3v) is 6.81. The molecule has 0 aliphatic rings. The van der Waals surface area contributed by atoms with Crippen LogP contribution in [0.5, 0.6) is 0 Å². The third kappa shape index (κ3) is 8.23. The minimum Gasteiger partial charge on any atom is -0.352 e. The second kappa shape index (κ2) is 13.8. The molecule has 2 amide bonds. The van der Waals surface area contributed by atoms with Gasteiger partial charge in [0.15, 0.2) is 0 Å². The lowest BCUT2D eigenvalue weighted by Gasteiger charge is -2.32. The summed E-state index contributed by atoms with van der Waals surface area (Å²) in [7, 11) is 0. The third-order valence-electron chi connectivity index (χ3n) is 6.57. The van der Waals surface area contributed by atoms with Crippen molar-refractivity contribution < 1.29 is 9.59 Å². The van der Waals surface area contributed by atoms with Gasteiger partial charge in [-0.1, -0.05) is 92.2 Å². The van der Waals surface area contributed by atoms with E-state index in [1.165, 1.54) is 5.56 Å². The van der Waals surface area contributed by atoms with Crippen LogP contribution in [0.15, 0.2) is 78.9 Å². The molecule has 0 aromatic heterocycles. The van der Waals surface area contributed by atoms with Crippen LogP contribution in [-0.2, 0) is 35.4 Å². The Morgan fingerprint density at radius 3 is 2.17 bits per heavy atom. The number of halogens is 1. The Hall–Kier alpha value is -3.11. The van der Waals surface area contributed by atoms with E-state index in [4.69, 9.17) is 11.6 Å². The fourth-order valence-electron chi connectivity index (χ4n) is 4.16. The van der Waals surface area contributed by atoms with E-state index in [-0.39, 0.29) is 17.9 Å². The minimum absolute atomic E-state index is 0.0241. The first-order valence-electron chi connectivity index (χ1n) is 12.9. The van der Waals surface area contributed by atoms with E-state index >= 15 is 0 Å². The van der Waals surface area contributed by atoms with E-state index in [1.54, 1.807) is 4.90 Å². The van der Waals surface area contributed by atoms with Crippen molar-refractivity contribution in [3.05, 3.63) is 106 Å². The van der Waals surface area contributed by atoms with Gasteiger partial charge in [0.1, 0.15) is 6.04 Å². The molecular formula is C31H37ClN2O2. The first-order chi connectivity index (χ1) is 17.4. The molecule has 0 spiro atoms. The average Bonchev–Trinajstić information content (AvgIpc) is 2.90. The van der Waals surface area contributed by atoms with Gasteiger partial charge in [-0.15, -0.1) is 0 Å². The lowest BCUT2D eigenvalue weighted by Crippen LogP contribution is -2.52. The molecule has 4 nitrogen and oxygen atoms in total. The molecule has 0 aliphatic carbocycles. The normalized spacial score (nSPS) is 12.6. The fraction of sp³-hybridized carbons (Fsp3) is 0.355. The predicted octanol–water partition coefficient (Wildman–Crippen LogP) is 6.39. The van der Waals surface area contributed by atoms with Gasteiger partial charge in [0.2, 0.25) is 11.8 Å². The Morgan fingerprint density at radius 1 is 0.861 bits per heavy atom. The molecule has 0 saturated carbocycles. The molecule has 5 heteroatoms. The van der Waals surface area contributed by atoms with E-state index < -0.39 is 6.04 Å². The largest absolute Gasteiger partial charge is 0.352 e. The Balaban J connectivity index is 1.89. The second-order valence-corrected chi connectivity index (χ2v) is 9.78. The van der Waals surface area contributed by atoms with Crippen molar-refractivity contribution in [2.24, 2.45) is 0 Å². The summed E-state index contributed by atoms with van der Waals surface area (Å²) in [5, 5.41) is 3.72. The van der Waals surface area contributed by atoms with Crippen LogP contribution in [0.2, 0.25) is 5.02 Å². The maximum absolute atomic E-state index is 13.7. The SMILES string of the molecule is CCc1ccc(CCC(=O)N(Cc2cccc(Cl)c2)[C@@H](Cc2ccccc2)C(=O)N[C@H](C)CC)cc1. The number of aryl methyl sites for hydroxylation is 2. The summed E-state index contributed by atoms with van der Waals surface area (Å²) in [4.78, 5) is 29.0. The standard InChI is InChI=1S/C31H37ClN2O2/c1-4-23(3)33-31(36)29(21-26-10-7-6-8-11-26)34(22-27-12-9-13-28(32)20-27)30(35)19-18-25-16-14-24(5-2)15-17-25/h6-17,20,23,29H,4-5,18-19,21-22H2,1-3H3,(H,33,36)/t23-,29+/m1/s1. The van der Waals surface area contributed by atoms with Gasteiger partial charge < -0.3 is 10.2 Å². The summed E-state index contributed by atoms with van der Waals surface area (Å²) < 4.78 is 0. The minimum atomic E-state index is -0.629. The highest BCUT2D eigenvalue weighted by molar-refractivity contribution is 6.30. The topological polar surface area (TPSA) is 49.4 Å². The number of nitrogens with zero attached hydrogens (tertiary/aromatic N) is 1. The molecular weight excluding hydrogens is 468 g/mol. The van der Waals surface area contributed by atoms with Crippen LogP contribution < -0.4 is 5.32 Å². The van der Waals surface area contributed by atoms with Crippen molar-refractivity contribution in [3.63, 3.8) is 0 Å². The fourth-order valence-corrected chi connectivity index (χ4v) is 4.38. The van der Waals surface area contributed by atoms with Crippen LogP contribution in [0, 0.1) is 0 Å². The summed E-state index contributed by atoms with van der Waals surface area (Å²) in [5.41, 5.74) is 4.31. The van der Waals surface area contributed by atoms with Crippen molar-refractivity contribution in [3.8, 4) is 0 Å². The van der Waals surface area contributed by atoms with E-state index in [9.17, 15) is 9.59 Å². The molecule has 3 rings (SSSR count). The summed E-state index contributed by atoms with van der Waals surface area (Å²) in [6, 6.07) is 25.2. The van der Waals surface area contributed by atoms with E-state index in [1.807, 2.05) is 68.4 Å². The molecule has 36 heavy (non-hydrogen) atoms. The molecule has 0 saturated heterocycles. The number of hydrogen-bond acceptors (Lipinski definition) is 2. The highest BCUT2D eigenvalue weighted by Crippen LogP contribution is 2.19. The van der Waals surface area contributed by atoms with Gasteiger partial charge in [0.25, 0.3) is 0 Å². The molecule has 3 aromatic rings. The highest BCUT2D eigenvalue weighted by atomic mass is 35.5. The molecule has 190 valence electrons. The van der Waals surface area contributed by atoms with Crippen LogP contribution in [0.1, 0.15) is 55.9 Å². The zero-order chi connectivity index (χ0) is 25.9. The number of carbonyl (C=O) groups is 2. The van der Waals surface area contributed by atoms with Crippen LogP contribution in [-0.4, -0.2) is 28.8 Å². The van der Waals surface area contributed by atoms with Crippen molar-refractivity contribution in [2.75, 3.05) is 0 Å². The Kier molecular flexibility index (Phi) is 10.6. The zero-order valence-electron chi connectivity index (χ0n) is 21.5. The number of amides is 2. The molecule has 3 aromatic carbocycles. The molecule has 0 aliphatic heterocycles. The smallest absolute Gasteiger partial charge is 0.243 e. The summed E-state index contributed by atoms with van der Waals surface area (Å²) in [6.45, 7) is 6.47. The molecule has 0 heterocycles. The quantitative estimate of drug-likeness (QED) is 0.310. The average molecular weight is 505 g/mol. The van der Waals surface area contributed by atoms with Gasteiger partial charge in [-0.25, -0.2) is 0 Å². The molecule has 0 fully saturated rings. The van der Waals surface area contributed by atoms with E-state index in [0.29, 0.717) is 30.8 Å². The van der Waals surface area contributed by atoms with Gasteiger partial charge in [0, 0.05) is 30.5 Å². The number of carbonyl (C=O) groups excluding carboxylic acids is 2. The summed E-state index contributed by atoms with van der Waals surface area (Å²) in [5.74, 6) is -0.175. The van der Waals surface area contributed by atoms with Crippen molar-refractivity contribution >= 4 is 23.4 Å². The van der Waals surface area contributed by atoms with Gasteiger partial charge in [-0.3, -0.25) is 9.59 Å². The van der Waals surface area contributed by atoms with Gasteiger partial charge in [-0.05, 0) is 60.6 Å². The number of hydrogen-bond donors (Lipinski definition) is 1. The second-order valence-electron chi connectivity index (χ2n) is 9.35. The Bertz CT molecular complexity index is 1110. The maximum Gasteiger partial charge on any atom is 0.243 e. The molecule has 1 N–H and O–H groups in total. The maximum atomic E-state index is 13.7. The van der Waals surface area contributed by atoms with Crippen molar-refractivity contribution in [1.82, 2.24) is 10.2 Å². The van der Waals surface area contributed by atoms with Gasteiger partial charge >= 0.3 is 0 Å². The number of benzene rings is 3. The lowest BCUT2D eigenvalue weighted by atomic mass is 10.0. The van der Waals surface area contributed by atoms with Crippen molar-refractivity contribution in [1.29, 1.82) is 0 Å². The van der Waals surface area contributed by atoms with E-state index in [2.05, 4.69) is 36.5 Å². The summed E-state index contributed by atoms with van der Waals surface area (Å²) >= 11 is 6.25. The highest BCUT2D eigenvalue weighted by Gasteiger charge is 2.30. The van der Waals surface area contributed by atoms with Gasteiger partial charge in [0.05, 0.1) is 0 Å². The van der Waals surface area contributed by atoms with Crippen molar-refractivity contribution in [2.45, 2.75) is 71.5 Å². The monoisotopic (exact) mass is 504 g/mol. The Morgan fingerprint density at radius 2 is 1.53 bits per heavy atom. The first-order valence-corrected chi connectivity index (χ1v) is 13.2. The lowest BCUT2D eigenvalue weighted by molar-refractivity contribution is -0.141. The predicted molar refractivity (Wildman–Crippen MR) is 148 cm³/mol.